The summed E-state index contributed by atoms with van der Waals surface area (Å²) in [4.78, 5) is 28.6. The highest BCUT2D eigenvalue weighted by molar-refractivity contribution is 5.54. The smallest absolute Gasteiger partial charge is 0.305 e. The maximum absolute atomic E-state index is 12.8. The molecule has 1 aliphatic rings. The summed E-state index contributed by atoms with van der Waals surface area (Å²) >= 11 is 0. The highest BCUT2D eigenvalue weighted by Crippen LogP contribution is 2.22. The zero-order valence-electron chi connectivity index (χ0n) is 12.8. The molecule has 0 radical (unpaired) electrons. The molecule has 0 bridgehead atoms. The van der Waals surface area contributed by atoms with Gasteiger partial charge in [-0.05, 0) is 11.6 Å². The third kappa shape index (κ3) is 2.73. The minimum Gasteiger partial charge on any atom is -0.305 e. The van der Waals surface area contributed by atoms with Gasteiger partial charge in [0.1, 0.15) is 0 Å². The molecule has 0 spiro atoms. The van der Waals surface area contributed by atoms with Gasteiger partial charge < -0.3 is 4.57 Å². The summed E-state index contributed by atoms with van der Waals surface area (Å²) in [6.45, 7) is 0.197. The van der Waals surface area contributed by atoms with E-state index in [1.807, 2.05) is 0 Å². The fourth-order valence-corrected chi connectivity index (χ4v) is 2.45. The second kappa shape index (κ2) is 5.81. The third-order valence-corrected chi connectivity index (χ3v) is 3.77. The lowest BCUT2D eigenvalue weighted by atomic mass is 10.2. The lowest BCUT2D eigenvalue weighted by Gasteiger charge is -2.13. The van der Waals surface area contributed by atoms with Crippen LogP contribution < -0.4 is 11.1 Å². The third-order valence-electron chi connectivity index (χ3n) is 3.77. The number of rotatable bonds is 4. The van der Waals surface area contributed by atoms with E-state index >= 15 is 0 Å². The van der Waals surface area contributed by atoms with Gasteiger partial charge in [0.05, 0.1) is 31.1 Å². The standard InChI is InChI=1S/C16H11FN6O2/c17-12-7-13(8-12)22-6-5-21(15(24)16(22)25)10-11-1-2-14(18-9-11)23-4-3-19-20-23/h1-6,9H,7,10H2. The summed E-state index contributed by atoms with van der Waals surface area (Å²) in [5, 5.41) is 7.55. The van der Waals surface area contributed by atoms with E-state index in [9.17, 15) is 14.0 Å². The normalized spacial score (nSPS) is 13.2. The fraction of sp³-hybridized carbons (Fsp3) is 0.125. The average Bonchev–Trinajstić information content (AvgIpc) is 3.12. The van der Waals surface area contributed by atoms with Gasteiger partial charge in [0.15, 0.2) is 11.6 Å². The Morgan fingerprint density at radius 2 is 2.00 bits per heavy atom. The van der Waals surface area contributed by atoms with E-state index in [0.29, 0.717) is 11.5 Å². The predicted octanol–water partition coefficient (Wildman–Crippen LogP) is 0.731. The summed E-state index contributed by atoms with van der Waals surface area (Å²) in [7, 11) is 0. The van der Waals surface area contributed by atoms with E-state index in [1.54, 1.807) is 30.7 Å². The number of aromatic nitrogens is 6. The van der Waals surface area contributed by atoms with Crippen LogP contribution in [0.25, 0.3) is 11.5 Å². The molecule has 9 heteroatoms. The molecule has 8 nitrogen and oxygen atoms in total. The summed E-state index contributed by atoms with van der Waals surface area (Å²) in [6, 6.07) is 3.53. The SMILES string of the molecule is O=c1c(=O)n(C2=C=C(F)C2)ccn1Cc1ccc(-n2ccnn2)nc1. The Morgan fingerprint density at radius 1 is 1.16 bits per heavy atom. The van der Waals surface area contributed by atoms with Crippen molar-refractivity contribution in [3.05, 3.63) is 80.9 Å². The number of nitrogens with zero attached hydrogens (tertiary/aromatic N) is 6. The second-order valence-electron chi connectivity index (χ2n) is 5.43. The number of hydrogen-bond acceptors (Lipinski definition) is 5. The van der Waals surface area contributed by atoms with Crippen LogP contribution in [0, 0.1) is 0 Å². The van der Waals surface area contributed by atoms with Crippen molar-refractivity contribution in [2.24, 2.45) is 0 Å². The largest absolute Gasteiger partial charge is 0.321 e. The number of pyridine rings is 1. The molecule has 0 saturated heterocycles. The van der Waals surface area contributed by atoms with Gasteiger partial charge in [-0.3, -0.25) is 14.2 Å². The second-order valence-corrected chi connectivity index (χ2v) is 5.43. The van der Waals surface area contributed by atoms with Gasteiger partial charge in [0.25, 0.3) is 0 Å². The Labute approximate surface area is 139 Å². The first-order valence-corrected chi connectivity index (χ1v) is 7.40. The minimum atomic E-state index is -0.732. The summed E-state index contributed by atoms with van der Waals surface area (Å²) in [6.07, 6.45) is 7.75. The van der Waals surface area contributed by atoms with Crippen LogP contribution >= 0.6 is 0 Å². The molecule has 25 heavy (non-hydrogen) atoms. The van der Waals surface area contributed by atoms with E-state index in [1.165, 1.54) is 21.6 Å². The van der Waals surface area contributed by atoms with Crippen molar-refractivity contribution < 1.29 is 4.39 Å². The van der Waals surface area contributed by atoms with Gasteiger partial charge >= 0.3 is 11.1 Å². The van der Waals surface area contributed by atoms with E-state index in [4.69, 9.17) is 0 Å². The van der Waals surface area contributed by atoms with Gasteiger partial charge in [-0.1, -0.05) is 17.0 Å². The molecule has 1 aliphatic carbocycles. The van der Waals surface area contributed by atoms with Crippen LogP contribution in [0.1, 0.15) is 12.0 Å². The Bertz CT molecular complexity index is 1120. The molecular formula is C16H11FN6O2. The maximum Gasteiger partial charge on any atom is 0.321 e. The number of hydrogen-bond donors (Lipinski definition) is 0. The molecule has 0 saturated carbocycles. The van der Waals surface area contributed by atoms with Gasteiger partial charge in [0.2, 0.25) is 0 Å². The summed E-state index contributed by atoms with van der Waals surface area (Å²) in [5.74, 6) is 0.166. The van der Waals surface area contributed by atoms with Crippen LogP contribution in [0.15, 0.2) is 64.3 Å². The van der Waals surface area contributed by atoms with Gasteiger partial charge in [-0.15, -0.1) is 5.10 Å². The lowest BCUT2D eigenvalue weighted by Crippen LogP contribution is -2.40. The minimum absolute atomic E-state index is 0.0109. The zero-order chi connectivity index (χ0) is 17.4. The van der Waals surface area contributed by atoms with E-state index in [2.05, 4.69) is 21.0 Å². The molecule has 3 heterocycles. The first-order valence-electron chi connectivity index (χ1n) is 7.40. The van der Waals surface area contributed by atoms with Crippen LogP contribution in [0.2, 0.25) is 0 Å². The topological polar surface area (TPSA) is 87.6 Å². The molecule has 0 amide bonds. The van der Waals surface area contributed by atoms with Crippen molar-refractivity contribution in [1.29, 1.82) is 0 Å². The summed E-state index contributed by atoms with van der Waals surface area (Å²) < 4.78 is 16.7. The van der Waals surface area contributed by atoms with Crippen molar-refractivity contribution in [3.8, 4) is 5.82 Å². The maximum atomic E-state index is 12.8. The molecule has 0 atom stereocenters. The van der Waals surface area contributed by atoms with Gasteiger partial charge in [-0.2, -0.15) is 0 Å². The Balaban J connectivity index is 1.61. The average molecular weight is 338 g/mol. The highest BCUT2D eigenvalue weighted by atomic mass is 19.1. The Kier molecular flexibility index (Phi) is 3.48. The first kappa shape index (κ1) is 15.0. The molecule has 124 valence electrons. The van der Waals surface area contributed by atoms with Crippen molar-refractivity contribution in [2.45, 2.75) is 13.0 Å². The predicted molar refractivity (Wildman–Crippen MR) is 85.7 cm³/mol. The molecule has 4 rings (SSSR count). The van der Waals surface area contributed by atoms with E-state index < -0.39 is 16.9 Å². The van der Waals surface area contributed by atoms with E-state index in [0.717, 1.165) is 10.1 Å². The molecule has 0 fully saturated rings. The zero-order valence-corrected chi connectivity index (χ0v) is 12.8. The number of halogens is 1. The van der Waals surface area contributed by atoms with Gasteiger partial charge in [-0.25, -0.2) is 14.1 Å². The Morgan fingerprint density at radius 3 is 2.64 bits per heavy atom. The van der Waals surface area contributed by atoms with Crippen molar-refractivity contribution in [3.63, 3.8) is 0 Å². The van der Waals surface area contributed by atoms with Crippen LogP contribution in [-0.4, -0.2) is 29.1 Å². The molecule has 0 unspecified atom stereocenters. The highest BCUT2D eigenvalue weighted by Gasteiger charge is 2.16. The molecule has 0 aromatic carbocycles. The molecule has 3 aromatic heterocycles. The quantitative estimate of drug-likeness (QED) is 0.517. The van der Waals surface area contributed by atoms with E-state index in [-0.39, 0.29) is 13.0 Å². The molecule has 0 N–H and O–H groups in total. The van der Waals surface area contributed by atoms with Crippen molar-refractivity contribution in [2.75, 3.05) is 0 Å². The number of allylic oxidation sites excluding steroid dienone is 1. The Hall–Kier alpha value is -3.58. The summed E-state index contributed by atoms with van der Waals surface area (Å²) in [5.41, 5.74) is 2.05. The monoisotopic (exact) mass is 338 g/mol. The van der Waals surface area contributed by atoms with Crippen molar-refractivity contribution in [1.82, 2.24) is 29.1 Å². The molecule has 3 aromatic rings. The van der Waals surface area contributed by atoms with Crippen molar-refractivity contribution >= 4 is 5.70 Å². The van der Waals surface area contributed by atoms with Crippen LogP contribution in [-0.2, 0) is 6.54 Å². The van der Waals surface area contributed by atoms with Crippen LogP contribution in [0.3, 0.4) is 0 Å². The lowest BCUT2D eigenvalue weighted by molar-refractivity contribution is 0.599. The molecule has 0 aliphatic heterocycles. The fourth-order valence-electron chi connectivity index (χ4n) is 2.45. The first-order chi connectivity index (χ1) is 12.1. The van der Waals surface area contributed by atoms with Crippen LogP contribution in [0.5, 0.6) is 0 Å². The van der Waals surface area contributed by atoms with Crippen LogP contribution in [0.4, 0.5) is 4.39 Å². The molecular weight excluding hydrogens is 327 g/mol. The van der Waals surface area contributed by atoms with Gasteiger partial charge in [0, 0.05) is 18.6 Å².